The molecule has 0 atom stereocenters. The summed E-state index contributed by atoms with van der Waals surface area (Å²) >= 11 is 0. The molecule has 0 aromatic heterocycles. The summed E-state index contributed by atoms with van der Waals surface area (Å²) in [6.45, 7) is 1.60. The number of rotatable bonds is 4. The molecule has 7 nitrogen and oxygen atoms in total. The number of amides is 1. The molecule has 1 rings (SSSR count). The number of para-hydroxylation sites is 2. The van der Waals surface area contributed by atoms with Crippen LogP contribution in [0.15, 0.2) is 24.3 Å². The number of hydrogen-bond acceptors (Lipinski definition) is 5. The number of phenols is 1. The molecule has 1 amide bonds. The van der Waals surface area contributed by atoms with Gasteiger partial charge in [-0.05, 0) is 19.1 Å². The van der Waals surface area contributed by atoms with Crippen molar-refractivity contribution in [2.45, 2.75) is 6.92 Å². The lowest BCUT2D eigenvalue weighted by molar-refractivity contribution is 0.159. The Bertz CT molecular complexity index is 500. The SMILES string of the molecule is CCOC(=O)NS(=O)(=O)Nc1ccccc1O. The highest BCUT2D eigenvalue weighted by atomic mass is 32.2. The minimum absolute atomic E-state index is 0.0377. The molecule has 8 heteroatoms. The van der Waals surface area contributed by atoms with Crippen LogP contribution < -0.4 is 9.44 Å². The second-order valence-corrected chi connectivity index (χ2v) is 4.36. The molecular formula is C9H12N2O5S. The fraction of sp³-hybridized carbons (Fsp3) is 0.222. The van der Waals surface area contributed by atoms with Gasteiger partial charge in [0.05, 0.1) is 12.3 Å². The Labute approximate surface area is 98.6 Å². The van der Waals surface area contributed by atoms with E-state index in [4.69, 9.17) is 0 Å². The van der Waals surface area contributed by atoms with Crippen molar-refractivity contribution in [3.05, 3.63) is 24.3 Å². The van der Waals surface area contributed by atoms with Crippen LogP contribution in [0.5, 0.6) is 5.75 Å². The first-order chi connectivity index (χ1) is 7.94. The number of ether oxygens (including phenoxy) is 1. The second-order valence-electron chi connectivity index (χ2n) is 2.95. The van der Waals surface area contributed by atoms with Gasteiger partial charge >= 0.3 is 16.3 Å². The van der Waals surface area contributed by atoms with Crippen molar-refractivity contribution in [1.29, 1.82) is 0 Å². The molecule has 0 aliphatic carbocycles. The van der Waals surface area contributed by atoms with Crippen LogP contribution in [0.25, 0.3) is 0 Å². The molecule has 0 bridgehead atoms. The molecule has 1 aromatic carbocycles. The van der Waals surface area contributed by atoms with Crippen molar-refractivity contribution >= 4 is 22.0 Å². The van der Waals surface area contributed by atoms with Gasteiger partial charge in [-0.3, -0.25) is 4.72 Å². The number of anilines is 1. The quantitative estimate of drug-likeness (QED) is 0.694. The van der Waals surface area contributed by atoms with E-state index < -0.39 is 16.3 Å². The van der Waals surface area contributed by atoms with Crippen molar-refractivity contribution in [2.24, 2.45) is 0 Å². The maximum absolute atomic E-state index is 11.4. The zero-order valence-corrected chi connectivity index (χ0v) is 9.82. The Balaban J connectivity index is 2.74. The zero-order valence-electron chi connectivity index (χ0n) is 9.00. The summed E-state index contributed by atoms with van der Waals surface area (Å²) in [7, 11) is -4.11. The first-order valence-corrected chi connectivity index (χ1v) is 6.18. The maximum atomic E-state index is 11.4. The Kier molecular flexibility index (Phi) is 4.16. The molecule has 0 unspecified atom stereocenters. The molecule has 0 radical (unpaired) electrons. The molecule has 0 aliphatic heterocycles. The minimum Gasteiger partial charge on any atom is -0.506 e. The highest BCUT2D eigenvalue weighted by Crippen LogP contribution is 2.22. The number of benzene rings is 1. The summed E-state index contributed by atoms with van der Waals surface area (Å²) in [6, 6.07) is 5.72. The summed E-state index contributed by atoms with van der Waals surface area (Å²) in [5.41, 5.74) is -0.0377. The van der Waals surface area contributed by atoms with Crippen LogP contribution in [0.3, 0.4) is 0 Å². The first-order valence-electron chi connectivity index (χ1n) is 4.70. The van der Waals surface area contributed by atoms with E-state index in [0.29, 0.717) is 0 Å². The number of phenolic OH excluding ortho intramolecular Hbond substituents is 1. The van der Waals surface area contributed by atoms with Crippen molar-refractivity contribution < 1.29 is 23.1 Å². The number of nitrogens with one attached hydrogen (secondary N) is 2. The fourth-order valence-electron chi connectivity index (χ4n) is 1.00. The summed E-state index contributed by atoms with van der Waals surface area (Å²) in [5, 5.41) is 9.34. The van der Waals surface area contributed by atoms with Gasteiger partial charge in [0.25, 0.3) is 0 Å². The van der Waals surface area contributed by atoms with Crippen LogP contribution in [0.2, 0.25) is 0 Å². The number of hydrogen-bond donors (Lipinski definition) is 3. The molecule has 0 aliphatic rings. The van der Waals surface area contributed by atoms with E-state index >= 15 is 0 Å². The number of carbonyl (C=O) groups excluding carboxylic acids is 1. The van der Waals surface area contributed by atoms with Crippen molar-refractivity contribution in [3.8, 4) is 5.75 Å². The van der Waals surface area contributed by atoms with E-state index in [2.05, 4.69) is 4.74 Å². The smallest absolute Gasteiger partial charge is 0.422 e. The highest BCUT2D eigenvalue weighted by Gasteiger charge is 2.16. The second kappa shape index (κ2) is 5.39. The molecule has 17 heavy (non-hydrogen) atoms. The zero-order chi connectivity index (χ0) is 12.9. The van der Waals surface area contributed by atoms with Crippen molar-refractivity contribution in [3.63, 3.8) is 0 Å². The van der Waals surface area contributed by atoms with Crippen LogP contribution in [-0.2, 0) is 14.9 Å². The van der Waals surface area contributed by atoms with Gasteiger partial charge in [-0.25, -0.2) is 9.52 Å². The molecule has 0 spiro atoms. The lowest BCUT2D eigenvalue weighted by Gasteiger charge is -2.09. The highest BCUT2D eigenvalue weighted by molar-refractivity contribution is 7.91. The van der Waals surface area contributed by atoms with E-state index in [-0.39, 0.29) is 18.0 Å². The Morgan fingerprint density at radius 1 is 1.41 bits per heavy atom. The van der Waals surface area contributed by atoms with E-state index in [1.807, 2.05) is 4.72 Å². The van der Waals surface area contributed by atoms with E-state index in [1.54, 1.807) is 11.6 Å². The van der Waals surface area contributed by atoms with Gasteiger partial charge < -0.3 is 9.84 Å². The molecule has 0 saturated carbocycles. The van der Waals surface area contributed by atoms with Crippen molar-refractivity contribution in [1.82, 2.24) is 4.72 Å². The standard InChI is InChI=1S/C9H12N2O5S/c1-2-16-9(13)11-17(14,15)10-7-5-3-4-6-8(7)12/h3-6,10,12H,2H2,1H3,(H,11,13). The normalized spacial score (nSPS) is 10.6. The third-order valence-electron chi connectivity index (χ3n) is 1.64. The van der Waals surface area contributed by atoms with E-state index in [1.165, 1.54) is 24.3 Å². The molecule has 0 saturated heterocycles. The number of carbonyl (C=O) groups is 1. The summed E-state index contributed by atoms with van der Waals surface area (Å²) in [6.07, 6.45) is -1.09. The molecule has 3 N–H and O–H groups in total. The van der Waals surface area contributed by atoms with Crippen LogP contribution in [0.1, 0.15) is 6.92 Å². The predicted molar refractivity (Wildman–Crippen MR) is 60.8 cm³/mol. The molecule has 94 valence electrons. The molecule has 0 heterocycles. The van der Waals surface area contributed by atoms with Gasteiger partial charge in [0, 0.05) is 0 Å². The average Bonchev–Trinajstić information content (AvgIpc) is 2.20. The lowest BCUT2D eigenvalue weighted by Crippen LogP contribution is -2.35. The summed E-state index contributed by atoms with van der Waals surface area (Å²) < 4.78 is 30.8. The van der Waals surface area contributed by atoms with Gasteiger partial charge in [-0.1, -0.05) is 12.1 Å². The predicted octanol–water partition coefficient (Wildman–Crippen LogP) is 0.795. The van der Waals surface area contributed by atoms with Gasteiger partial charge in [0.2, 0.25) is 0 Å². The Hall–Kier alpha value is -1.96. The average molecular weight is 260 g/mol. The molecular weight excluding hydrogens is 248 g/mol. The van der Waals surface area contributed by atoms with Crippen LogP contribution >= 0.6 is 0 Å². The fourth-order valence-corrected chi connectivity index (χ4v) is 1.79. The monoisotopic (exact) mass is 260 g/mol. The molecule has 0 fully saturated rings. The third-order valence-corrected chi connectivity index (χ3v) is 2.57. The van der Waals surface area contributed by atoms with Gasteiger partial charge in [0.15, 0.2) is 0 Å². The van der Waals surface area contributed by atoms with Crippen LogP contribution in [0.4, 0.5) is 10.5 Å². The van der Waals surface area contributed by atoms with Crippen molar-refractivity contribution in [2.75, 3.05) is 11.3 Å². The summed E-state index contributed by atoms with van der Waals surface area (Å²) in [5.74, 6) is -0.248. The largest absolute Gasteiger partial charge is 0.506 e. The first kappa shape index (κ1) is 13.1. The van der Waals surface area contributed by atoms with Gasteiger partial charge in [-0.2, -0.15) is 8.42 Å². The minimum atomic E-state index is -4.11. The third kappa shape index (κ3) is 4.19. The van der Waals surface area contributed by atoms with Crippen LogP contribution in [0, 0.1) is 0 Å². The van der Waals surface area contributed by atoms with E-state index in [0.717, 1.165) is 0 Å². The number of aromatic hydroxyl groups is 1. The van der Waals surface area contributed by atoms with E-state index in [9.17, 15) is 18.3 Å². The topological polar surface area (TPSA) is 105 Å². The van der Waals surface area contributed by atoms with Crippen LogP contribution in [-0.4, -0.2) is 26.2 Å². The lowest BCUT2D eigenvalue weighted by atomic mass is 10.3. The Morgan fingerprint density at radius 3 is 2.65 bits per heavy atom. The maximum Gasteiger partial charge on any atom is 0.422 e. The van der Waals surface area contributed by atoms with Gasteiger partial charge in [-0.15, -0.1) is 0 Å². The summed E-state index contributed by atoms with van der Waals surface area (Å²) in [4.78, 5) is 10.9. The molecule has 1 aromatic rings. The Morgan fingerprint density at radius 2 is 2.06 bits per heavy atom. The van der Waals surface area contributed by atoms with Gasteiger partial charge in [0.1, 0.15) is 5.75 Å².